The molecule has 1 aromatic carbocycles. The Morgan fingerprint density at radius 2 is 2.00 bits per heavy atom. The minimum atomic E-state index is -0.355. The normalized spacial score (nSPS) is 14.2. The summed E-state index contributed by atoms with van der Waals surface area (Å²) in [4.78, 5) is 30.4. The Bertz CT molecular complexity index is 785. The molecule has 6 heteroatoms. The number of benzene rings is 1. The van der Waals surface area contributed by atoms with Crippen LogP contribution >= 0.6 is 0 Å². The summed E-state index contributed by atoms with van der Waals surface area (Å²) < 4.78 is 13.2. The van der Waals surface area contributed by atoms with Crippen LogP contribution in [0.5, 0.6) is 0 Å². The monoisotopic (exact) mass is 329 g/mol. The molecule has 0 atom stereocenters. The van der Waals surface area contributed by atoms with Crippen LogP contribution in [-0.4, -0.2) is 41.3 Å². The van der Waals surface area contributed by atoms with Crippen LogP contribution in [0.2, 0.25) is 0 Å². The summed E-state index contributed by atoms with van der Waals surface area (Å²) >= 11 is 0. The highest BCUT2D eigenvalue weighted by molar-refractivity contribution is 5.98. The number of hydrogen-bond acceptors (Lipinski definition) is 3. The van der Waals surface area contributed by atoms with Crippen molar-refractivity contribution < 1.29 is 14.0 Å². The molecule has 0 unspecified atom stereocenters. The number of carbonyl (C=O) groups is 2. The number of likely N-dealkylation sites (tertiary alicyclic amines) is 1. The molecule has 0 radical (unpaired) electrons. The molecular weight excluding hydrogens is 309 g/mol. The second-order valence-electron chi connectivity index (χ2n) is 6.05. The van der Waals surface area contributed by atoms with E-state index in [1.807, 2.05) is 4.90 Å². The van der Waals surface area contributed by atoms with Crippen LogP contribution in [0.15, 0.2) is 24.3 Å². The largest absolute Gasteiger partial charge is 0.351 e. The predicted octanol–water partition coefficient (Wildman–Crippen LogP) is 2.42. The van der Waals surface area contributed by atoms with Crippen molar-refractivity contribution in [3.05, 3.63) is 41.3 Å². The molecule has 0 bridgehead atoms. The van der Waals surface area contributed by atoms with E-state index in [1.165, 1.54) is 12.1 Å². The van der Waals surface area contributed by atoms with Gasteiger partial charge in [-0.1, -0.05) is 0 Å². The number of aromatic nitrogens is 1. The average Bonchev–Trinajstić information content (AvgIpc) is 3.08. The highest BCUT2D eigenvalue weighted by Gasteiger charge is 2.18. The van der Waals surface area contributed by atoms with Crippen molar-refractivity contribution in [3.8, 4) is 0 Å². The summed E-state index contributed by atoms with van der Waals surface area (Å²) in [5, 5.41) is 3.48. The first-order valence-corrected chi connectivity index (χ1v) is 8.17. The lowest BCUT2D eigenvalue weighted by Gasteiger charge is -2.15. The molecule has 0 aliphatic carbocycles. The Balaban J connectivity index is 1.64. The maximum Gasteiger partial charge on any atom is 0.253 e. The zero-order chi connectivity index (χ0) is 17.1. The fourth-order valence-electron chi connectivity index (χ4n) is 2.97. The number of rotatable bonds is 4. The van der Waals surface area contributed by atoms with Gasteiger partial charge in [0.15, 0.2) is 0 Å². The number of nitrogens with zero attached hydrogens (tertiary/aromatic N) is 2. The molecule has 126 valence electrons. The number of carbonyl (C=O) groups excluding carboxylic acids is 2. The quantitative estimate of drug-likeness (QED) is 0.937. The number of nitrogens with one attached hydrogen (secondary N) is 1. The maximum absolute atomic E-state index is 13.2. The second-order valence-corrected chi connectivity index (χ2v) is 6.05. The standard InChI is InChI=1S/C18H20FN3O2/c1-12-15(10-13-4-5-14(19)11-16(13)21-12)18(24)20-7-6-17(23)22-8-2-3-9-22/h4-5,10-11H,2-3,6-9H2,1H3,(H,20,24). The first-order chi connectivity index (χ1) is 11.5. The van der Waals surface area contributed by atoms with Gasteiger partial charge in [-0.05, 0) is 38.0 Å². The van der Waals surface area contributed by atoms with Gasteiger partial charge in [0, 0.05) is 37.5 Å². The number of halogens is 1. The third-order valence-electron chi connectivity index (χ3n) is 4.30. The molecule has 0 spiro atoms. The number of aryl methyl sites for hydroxylation is 1. The Kier molecular flexibility index (Phi) is 4.74. The number of pyridine rings is 1. The van der Waals surface area contributed by atoms with E-state index in [9.17, 15) is 14.0 Å². The molecular formula is C18H20FN3O2. The van der Waals surface area contributed by atoms with E-state index in [2.05, 4.69) is 10.3 Å². The molecule has 1 saturated heterocycles. The van der Waals surface area contributed by atoms with E-state index in [1.54, 1.807) is 19.1 Å². The second kappa shape index (κ2) is 6.95. The van der Waals surface area contributed by atoms with Gasteiger partial charge in [0.05, 0.1) is 16.8 Å². The fraction of sp³-hybridized carbons (Fsp3) is 0.389. The van der Waals surface area contributed by atoms with E-state index in [-0.39, 0.29) is 17.6 Å². The van der Waals surface area contributed by atoms with E-state index in [4.69, 9.17) is 0 Å². The smallest absolute Gasteiger partial charge is 0.253 e. The van der Waals surface area contributed by atoms with Crippen LogP contribution in [0, 0.1) is 12.7 Å². The molecule has 1 aromatic heterocycles. The van der Waals surface area contributed by atoms with Gasteiger partial charge in [0.1, 0.15) is 5.82 Å². The number of amides is 2. The van der Waals surface area contributed by atoms with Gasteiger partial charge in [-0.2, -0.15) is 0 Å². The Labute approximate surface area is 139 Å². The molecule has 2 heterocycles. The topological polar surface area (TPSA) is 62.3 Å². The Morgan fingerprint density at radius 3 is 2.75 bits per heavy atom. The summed E-state index contributed by atoms with van der Waals surface area (Å²) in [6, 6.07) is 5.99. The highest BCUT2D eigenvalue weighted by Crippen LogP contribution is 2.17. The van der Waals surface area contributed by atoms with Crippen molar-refractivity contribution in [2.45, 2.75) is 26.2 Å². The van der Waals surface area contributed by atoms with E-state index >= 15 is 0 Å². The van der Waals surface area contributed by atoms with Gasteiger partial charge in [0.2, 0.25) is 5.91 Å². The molecule has 1 aliphatic rings. The van der Waals surface area contributed by atoms with Crippen molar-refractivity contribution >= 4 is 22.7 Å². The summed E-state index contributed by atoms with van der Waals surface area (Å²) in [6.07, 6.45) is 2.41. The van der Waals surface area contributed by atoms with Crippen molar-refractivity contribution in [1.82, 2.24) is 15.2 Å². The Hall–Kier alpha value is -2.50. The van der Waals surface area contributed by atoms with Gasteiger partial charge in [-0.3, -0.25) is 14.6 Å². The lowest BCUT2D eigenvalue weighted by Crippen LogP contribution is -2.33. The van der Waals surface area contributed by atoms with Gasteiger partial charge >= 0.3 is 0 Å². The minimum absolute atomic E-state index is 0.0802. The SMILES string of the molecule is Cc1nc2cc(F)ccc2cc1C(=O)NCCC(=O)N1CCCC1. The highest BCUT2D eigenvalue weighted by atomic mass is 19.1. The molecule has 1 N–H and O–H groups in total. The lowest BCUT2D eigenvalue weighted by atomic mass is 10.1. The summed E-state index contributed by atoms with van der Waals surface area (Å²) in [6.45, 7) is 3.65. The van der Waals surface area contributed by atoms with Crippen molar-refractivity contribution in [1.29, 1.82) is 0 Å². The van der Waals surface area contributed by atoms with Crippen LogP contribution in [0.3, 0.4) is 0 Å². The van der Waals surface area contributed by atoms with Crippen LogP contribution in [0.25, 0.3) is 10.9 Å². The first kappa shape index (κ1) is 16.4. The zero-order valence-corrected chi connectivity index (χ0v) is 13.6. The molecule has 1 aliphatic heterocycles. The van der Waals surface area contributed by atoms with E-state index in [0.717, 1.165) is 25.9 Å². The van der Waals surface area contributed by atoms with Crippen LogP contribution in [0.1, 0.15) is 35.3 Å². The van der Waals surface area contributed by atoms with Gasteiger partial charge in [-0.25, -0.2) is 4.39 Å². The molecule has 24 heavy (non-hydrogen) atoms. The third kappa shape index (κ3) is 3.53. The molecule has 2 aromatic rings. The van der Waals surface area contributed by atoms with Crippen LogP contribution in [0.4, 0.5) is 4.39 Å². The van der Waals surface area contributed by atoms with Gasteiger partial charge < -0.3 is 10.2 Å². The minimum Gasteiger partial charge on any atom is -0.351 e. The summed E-state index contributed by atoms with van der Waals surface area (Å²) in [5.74, 6) is -0.538. The van der Waals surface area contributed by atoms with E-state index in [0.29, 0.717) is 35.1 Å². The molecule has 2 amide bonds. The average molecular weight is 329 g/mol. The summed E-state index contributed by atoms with van der Waals surface area (Å²) in [7, 11) is 0. The predicted molar refractivity (Wildman–Crippen MR) is 89.2 cm³/mol. The molecule has 5 nitrogen and oxygen atoms in total. The third-order valence-corrected chi connectivity index (χ3v) is 4.30. The lowest BCUT2D eigenvalue weighted by molar-refractivity contribution is -0.129. The van der Waals surface area contributed by atoms with Crippen LogP contribution < -0.4 is 5.32 Å². The zero-order valence-electron chi connectivity index (χ0n) is 13.6. The Morgan fingerprint density at radius 1 is 1.25 bits per heavy atom. The fourth-order valence-corrected chi connectivity index (χ4v) is 2.97. The maximum atomic E-state index is 13.2. The first-order valence-electron chi connectivity index (χ1n) is 8.17. The van der Waals surface area contributed by atoms with Gasteiger partial charge in [0.25, 0.3) is 5.91 Å². The van der Waals surface area contributed by atoms with Gasteiger partial charge in [-0.15, -0.1) is 0 Å². The molecule has 0 saturated carbocycles. The number of fused-ring (bicyclic) bond motifs is 1. The van der Waals surface area contributed by atoms with E-state index < -0.39 is 0 Å². The van der Waals surface area contributed by atoms with Crippen molar-refractivity contribution in [2.24, 2.45) is 0 Å². The number of hydrogen-bond donors (Lipinski definition) is 1. The molecule has 1 fully saturated rings. The van der Waals surface area contributed by atoms with Crippen LogP contribution in [-0.2, 0) is 4.79 Å². The summed E-state index contributed by atoms with van der Waals surface area (Å²) in [5.41, 5.74) is 1.51. The van der Waals surface area contributed by atoms with Crippen molar-refractivity contribution in [2.75, 3.05) is 19.6 Å². The van der Waals surface area contributed by atoms with Crippen molar-refractivity contribution in [3.63, 3.8) is 0 Å². The molecule has 3 rings (SSSR count).